The maximum Gasteiger partial charge on any atom is 0.257 e. The van der Waals surface area contributed by atoms with Crippen LogP contribution in [-0.2, 0) is 0 Å². The molecule has 3 heteroatoms. The van der Waals surface area contributed by atoms with Gasteiger partial charge in [-0.3, -0.25) is 9.78 Å². The number of aromatic nitrogens is 1. The Morgan fingerprint density at radius 3 is 2.43 bits per heavy atom. The van der Waals surface area contributed by atoms with Crippen molar-refractivity contribution in [3.63, 3.8) is 0 Å². The van der Waals surface area contributed by atoms with E-state index in [2.05, 4.69) is 10.3 Å². The number of nitrogens with zero attached hydrogens (tertiary/aromatic N) is 1. The molecule has 0 aliphatic heterocycles. The minimum absolute atomic E-state index is 0.105. The Bertz CT molecular complexity index is 913. The third-order valence-electron chi connectivity index (χ3n) is 4.41. The molecule has 1 heterocycles. The average molecular weight is 304 g/mol. The van der Waals surface area contributed by atoms with Crippen LogP contribution in [0.2, 0.25) is 0 Å². The summed E-state index contributed by atoms with van der Waals surface area (Å²) in [7, 11) is 0. The highest BCUT2D eigenvalue weighted by molar-refractivity contribution is 6.08. The number of aryl methyl sites for hydroxylation is 3. The van der Waals surface area contributed by atoms with Crippen molar-refractivity contribution in [1.82, 2.24) is 4.98 Å². The van der Waals surface area contributed by atoms with E-state index in [0.717, 1.165) is 39.0 Å². The largest absolute Gasteiger partial charge is 0.322 e. The number of nitrogens with one attached hydrogen (secondary N) is 1. The number of carbonyl (C=O) groups is 1. The van der Waals surface area contributed by atoms with Gasteiger partial charge in [0.25, 0.3) is 5.91 Å². The molecular formula is C20H20N2O. The van der Waals surface area contributed by atoms with E-state index in [1.54, 1.807) is 0 Å². The molecule has 0 saturated heterocycles. The molecule has 3 aromatic rings. The highest BCUT2D eigenvalue weighted by Crippen LogP contribution is 2.24. The topological polar surface area (TPSA) is 42.0 Å². The van der Waals surface area contributed by atoms with Gasteiger partial charge >= 0.3 is 0 Å². The lowest BCUT2D eigenvalue weighted by Crippen LogP contribution is -2.17. The average Bonchev–Trinajstić information content (AvgIpc) is 2.52. The second kappa shape index (κ2) is 5.84. The van der Waals surface area contributed by atoms with E-state index in [4.69, 9.17) is 0 Å². The molecule has 0 unspecified atom stereocenters. The van der Waals surface area contributed by atoms with Gasteiger partial charge in [0.2, 0.25) is 0 Å². The van der Waals surface area contributed by atoms with Crippen LogP contribution in [0.25, 0.3) is 10.9 Å². The zero-order chi connectivity index (χ0) is 16.6. The molecule has 0 bridgehead atoms. The number of fused-ring (bicyclic) bond motifs is 1. The first-order valence-electron chi connectivity index (χ1n) is 7.72. The molecule has 0 aliphatic carbocycles. The molecule has 23 heavy (non-hydrogen) atoms. The van der Waals surface area contributed by atoms with Crippen LogP contribution in [0.3, 0.4) is 0 Å². The minimum Gasteiger partial charge on any atom is -0.322 e. The van der Waals surface area contributed by atoms with E-state index in [1.165, 1.54) is 0 Å². The molecule has 1 aromatic heterocycles. The van der Waals surface area contributed by atoms with Crippen molar-refractivity contribution in [1.29, 1.82) is 0 Å². The predicted octanol–water partition coefficient (Wildman–Crippen LogP) is 4.72. The molecule has 1 N–H and O–H groups in total. The van der Waals surface area contributed by atoms with E-state index in [9.17, 15) is 4.79 Å². The first-order valence-corrected chi connectivity index (χ1v) is 7.72. The summed E-state index contributed by atoms with van der Waals surface area (Å²) < 4.78 is 0. The SMILES string of the molecule is Cc1cccc(NC(=O)c2c(C)nc3ccccc3c2C)c1C. The van der Waals surface area contributed by atoms with Gasteiger partial charge in [-0.05, 0) is 56.5 Å². The van der Waals surface area contributed by atoms with Gasteiger partial charge < -0.3 is 5.32 Å². The zero-order valence-electron chi connectivity index (χ0n) is 13.9. The number of hydrogen-bond donors (Lipinski definition) is 1. The fourth-order valence-corrected chi connectivity index (χ4v) is 2.94. The highest BCUT2D eigenvalue weighted by Gasteiger charge is 2.17. The first-order chi connectivity index (χ1) is 11.0. The Morgan fingerprint density at radius 2 is 1.65 bits per heavy atom. The molecule has 1 amide bonds. The lowest BCUT2D eigenvalue weighted by molar-refractivity contribution is 0.102. The standard InChI is InChI=1S/C20H20N2O/c1-12-8-7-11-17(13(12)2)22-20(23)19-14(3)16-9-5-6-10-18(16)21-15(19)4/h5-11H,1-4H3,(H,22,23). The van der Waals surface area contributed by atoms with Crippen LogP contribution >= 0.6 is 0 Å². The molecule has 0 aliphatic rings. The number of pyridine rings is 1. The van der Waals surface area contributed by atoms with Gasteiger partial charge in [-0.15, -0.1) is 0 Å². The molecule has 3 nitrogen and oxygen atoms in total. The smallest absolute Gasteiger partial charge is 0.257 e. The Morgan fingerprint density at radius 1 is 0.913 bits per heavy atom. The number of amides is 1. The van der Waals surface area contributed by atoms with E-state index in [1.807, 2.05) is 70.2 Å². The fraction of sp³-hybridized carbons (Fsp3) is 0.200. The summed E-state index contributed by atoms with van der Waals surface area (Å²) in [6.45, 7) is 7.93. The summed E-state index contributed by atoms with van der Waals surface area (Å²) in [4.78, 5) is 17.4. The number of anilines is 1. The monoisotopic (exact) mass is 304 g/mol. The van der Waals surface area contributed by atoms with Gasteiger partial charge in [-0.1, -0.05) is 30.3 Å². The Balaban J connectivity index is 2.06. The van der Waals surface area contributed by atoms with Gasteiger partial charge in [-0.25, -0.2) is 0 Å². The van der Waals surface area contributed by atoms with Crippen molar-refractivity contribution in [2.24, 2.45) is 0 Å². The van der Waals surface area contributed by atoms with Crippen molar-refractivity contribution < 1.29 is 4.79 Å². The van der Waals surface area contributed by atoms with Crippen LogP contribution in [0.15, 0.2) is 42.5 Å². The molecule has 0 atom stereocenters. The fourth-order valence-electron chi connectivity index (χ4n) is 2.94. The Hall–Kier alpha value is -2.68. The number of carbonyl (C=O) groups excluding carboxylic acids is 1. The number of hydrogen-bond acceptors (Lipinski definition) is 2. The third kappa shape index (κ3) is 2.70. The summed E-state index contributed by atoms with van der Waals surface area (Å²) in [5, 5.41) is 4.05. The van der Waals surface area contributed by atoms with Crippen LogP contribution in [0.4, 0.5) is 5.69 Å². The molecule has 2 aromatic carbocycles. The number of para-hydroxylation sites is 1. The minimum atomic E-state index is -0.105. The maximum absolute atomic E-state index is 12.8. The number of benzene rings is 2. The second-order valence-electron chi connectivity index (χ2n) is 5.92. The normalized spacial score (nSPS) is 10.8. The van der Waals surface area contributed by atoms with E-state index >= 15 is 0 Å². The van der Waals surface area contributed by atoms with Crippen LogP contribution in [0, 0.1) is 27.7 Å². The Labute approximate surface area is 136 Å². The quantitative estimate of drug-likeness (QED) is 0.744. The Kier molecular flexibility index (Phi) is 3.87. The van der Waals surface area contributed by atoms with Crippen molar-refractivity contribution in [2.45, 2.75) is 27.7 Å². The molecule has 0 spiro atoms. The lowest BCUT2D eigenvalue weighted by atomic mass is 10.0. The maximum atomic E-state index is 12.8. The van der Waals surface area contributed by atoms with Gasteiger partial charge in [0.1, 0.15) is 0 Å². The van der Waals surface area contributed by atoms with E-state index in [-0.39, 0.29) is 5.91 Å². The van der Waals surface area contributed by atoms with Crippen LogP contribution in [0.5, 0.6) is 0 Å². The molecule has 116 valence electrons. The van der Waals surface area contributed by atoms with E-state index in [0.29, 0.717) is 5.56 Å². The summed E-state index contributed by atoms with van der Waals surface area (Å²) in [5.41, 5.74) is 6.40. The second-order valence-corrected chi connectivity index (χ2v) is 5.92. The summed E-state index contributed by atoms with van der Waals surface area (Å²) in [6, 6.07) is 13.8. The van der Waals surface area contributed by atoms with Crippen LogP contribution < -0.4 is 5.32 Å². The highest BCUT2D eigenvalue weighted by atomic mass is 16.1. The van der Waals surface area contributed by atoms with Gasteiger partial charge in [-0.2, -0.15) is 0 Å². The van der Waals surface area contributed by atoms with Crippen LogP contribution in [0.1, 0.15) is 32.7 Å². The molecule has 0 fully saturated rings. The molecule has 0 saturated carbocycles. The van der Waals surface area contributed by atoms with Gasteiger partial charge in [0, 0.05) is 11.1 Å². The van der Waals surface area contributed by atoms with Crippen molar-refractivity contribution in [2.75, 3.05) is 5.32 Å². The summed E-state index contributed by atoms with van der Waals surface area (Å²) in [5.74, 6) is -0.105. The zero-order valence-corrected chi connectivity index (χ0v) is 13.9. The molecule has 3 rings (SSSR count). The summed E-state index contributed by atoms with van der Waals surface area (Å²) >= 11 is 0. The number of rotatable bonds is 2. The third-order valence-corrected chi connectivity index (χ3v) is 4.41. The molecule has 0 radical (unpaired) electrons. The van der Waals surface area contributed by atoms with Gasteiger partial charge in [0.15, 0.2) is 0 Å². The van der Waals surface area contributed by atoms with Crippen molar-refractivity contribution in [3.8, 4) is 0 Å². The predicted molar refractivity (Wildman–Crippen MR) is 95.1 cm³/mol. The molecular weight excluding hydrogens is 284 g/mol. The van der Waals surface area contributed by atoms with Gasteiger partial charge in [0.05, 0.1) is 16.8 Å². The van der Waals surface area contributed by atoms with E-state index < -0.39 is 0 Å². The van der Waals surface area contributed by atoms with Crippen LogP contribution in [-0.4, -0.2) is 10.9 Å². The summed E-state index contributed by atoms with van der Waals surface area (Å²) in [6.07, 6.45) is 0. The van der Waals surface area contributed by atoms with Crippen molar-refractivity contribution in [3.05, 3.63) is 70.4 Å². The van der Waals surface area contributed by atoms with Crippen molar-refractivity contribution >= 4 is 22.5 Å². The lowest BCUT2D eigenvalue weighted by Gasteiger charge is -2.14. The first kappa shape index (κ1) is 15.2.